The number of rotatable bonds is 5. The van der Waals surface area contributed by atoms with Gasteiger partial charge in [-0.05, 0) is 25.6 Å². The van der Waals surface area contributed by atoms with Crippen molar-refractivity contribution >= 4 is 11.8 Å². The normalized spacial score (nSPS) is 19.6. The molecule has 2 aliphatic heterocycles. The molecule has 1 saturated heterocycles. The van der Waals surface area contributed by atoms with Crippen LogP contribution in [0.3, 0.4) is 0 Å². The highest BCUT2D eigenvalue weighted by Crippen LogP contribution is 2.21. The zero-order valence-electron chi connectivity index (χ0n) is 16.6. The molecule has 9 heteroatoms. The molecule has 0 aliphatic carbocycles. The number of nitrogens with one attached hydrogen (secondary N) is 2. The number of pyridine rings is 1. The number of fused-ring (bicyclic) bond motifs is 1. The van der Waals surface area contributed by atoms with Crippen LogP contribution in [0.1, 0.15) is 27.4 Å². The van der Waals surface area contributed by atoms with Crippen molar-refractivity contribution in [2.24, 2.45) is 0 Å². The maximum Gasteiger partial charge on any atom is 0.272 e. The quantitative estimate of drug-likeness (QED) is 0.735. The van der Waals surface area contributed by atoms with Gasteiger partial charge in [0.05, 0.1) is 18.8 Å². The molecular weight excluding hydrogens is 372 g/mol. The molecule has 1 unspecified atom stereocenters. The third-order valence-electron chi connectivity index (χ3n) is 5.40. The zero-order valence-corrected chi connectivity index (χ0v) is 16.6. The molecule has 1 fully saturated rings. The van der Waals surface area contributed by atoms with Crippen LogP contribution < -0.4 is 5.32 Å². The monoisotopic (exact) mass is 398 g/mol. The Morgan fingerprint density at radius 2 is 2.24 bits per heavy atom. The Morgan fingerprint density at radius 1 is 1.34 bits per heavy atom. The van der Waals surface area contributed by atoms with E-state index in [0.29, 0.717) is 51.3 Å². The Bertz CT molecular complexity index is 868. The number of carbonyl (C=O) groups is 2. The molecule has 0 spiro atoms. The molecule has 0 bridgehead atoms. The number of morpholine rings is 1. The Balaban J connectivity index is 1.34. The largest absolute Gasteiger partial charge is 0.366 e. The minimum Gasteiger partial charge on any atom is -0.366 e. The van der Waals surface area contributed by atoms with Crippen LogP contribution in [-0.4, -0.2) is 82.7 Å². The fraction of sp³-hybridized carbons (Fsp3) is 0.500. The summed E-state index contributed by atoms with van der Waals surface area (Å²) >= 11 is 0. The van der Waals surface area contributed by atoms with Crippen molar-refractivity contribution in [2.45, 2.75) is 25.5 Å². The fourth-order valence-corrected chi connectivity index (χ4v) is 3.76. The fourth-order valence-electron chi connectivity index (χ4n) is 3.76. The van der Waals surface area contributed by atoms with Crippen LogP contribution in [0, 0.1) is 0 Å². The van der Waals surface area contributed by atoms with Crippen molar-refractivity contribution in [3.63, 3.8) is 0 Å². The molecule has 2 amide bonds. The standard InChI is InChI=1S/C20H26N6O3/c1-25-10-11-29-17(13-25)20(28)26-9-6-15-16(12-26)23-24-18(15)19(27)22-8-5-14-4-2-3-7-21-14/h2-4,7,17H,5-6,8-13H2,1H3,(H,22,27)(H,23,24). The van der Waals surface area contributed by atoms with Crippen LogP contribution in [0.4, 0.5) is 0 Å². The molecule has 2 N–H and O–H groups in total. The summed E-state index contributed by atoms with van der Waals surface area (Å²) in [6.07, 6.45) is 2.58. The minimum absolute atomic E-state index is 0.00170. The van der Waals surface area contributed by atoms with E-state index in [1.54, 1.807) is 11.1 Å². The van der Waals surface area contributed by atoms with Crippen molar-refractivity contribution < 1.29 is 14.3 Å². The summed E-state index contributed by atoms with van der Waals surface area (Å²) in [5, 5.41) is 10.1. The van der Waals surface area contributed by atoms with Crippen molar-refractivity contribution in [1.29, 1.82) is 0 Å². The predicted octanol–water partition coefficient (Wildman–Crippen LogP) is -0.00750. The molecule has 4 heterocycles. The lowest BCUT2D eigenvalue weighted by atomic mass is 10.0. The average molecular weight is 398 g/mol. The average Bonchev–Trinajstić information content (AvgIpc) is 3.17. The van der Waals surface area contributed by atoms with E-state index in [1.807, 2.05) is 25.2 Å². The van der Waals surface area contributed by atoms with Crippen LogP contribution in [-0.2, 0) is 28.9 Å². The van der Waals surface area contributed by atoms with Gasteiger partial charge in [0.1, 0.15) is 6.10 Å². The predicted molar refractivity (Wildman–Crippen MR) is 105 cm³/mol. The van der Waals surface area contributed by atoms with Gasteiger partial charge in [-0.25, -0.2) is 0 Å². The summed E-state index contributed by atoms with van der Waals surface area (Å²) in [6.45, 7) is 3.49. The van der Waals surface area contributed by atoms with Gasteiger partial charge in [-0.2, -0.15) is 5.10 Å². The zero-order chi connectivity index (χ0) is 20.2. The van der Waals surface area contributed by atoms with Crippen LogP contribution >= 0.6 is 0 Å². The molecule has 9 nitrogen and oxygen atoms in total. The number of hydrogen-bond donors (Lipinski definition) is 2. The minimum atomic E-state index is -0.424. The van der Waals surface area contributed by atoms with Crippen molar-refractivity contribution in [1.82, 2.24) is 30.3 Å². The third-order valence-corrected chi connectivity index (χ3v) is 5.40. The van der Waals surface area contributed by atoms with Crippen LogP contribution in [0.25, 0.3) is 0 Å². The Morgan fingerprint density at radius 3 is 3.03 bits per heavy atom. The summed E-state index contributed by atoms with van der Waals surface area (Å²) in [4.78, 5) is 33.5. The maximum atomic E-state index is 12.8. The molecular formula is C20H26N6O3. The van der Waals surface area contributed by atoms with Gasteiger partial charge in [-0.15, -0.1) is 0 Å². The second kappa shape index (κ2) is 8.71. The Labute approximate surface area is 169 Å². The molecule has 0 saturated carbocycles. The number of carbonyl (C=O) groups excluding carboxylic acids is 2. The van der Waals surface area contributed by atoms with E-state index in [0.717, 1.165) is 23.5 Å². The first-order valence-electron chi connectivity index (χ1n) is 9.95. The number of ether oxygens (including phenoxy) is 1. The van der Waals surface area contributed by atoms with E-state index in [-0.39, 0.29) is 11.8 Å². The molecule has 29 heavy (non-hydrogen) atoms. The van der Waals surface area contributed by atoms with E-state index in [2.05, 4.69) is 25.4 Å². The Hall–Kier alpha value is -2.78. The molecule has 0 aromatic carbocycles. The highest BCUT2D eigenvalue weighted by molar-refractivity contribution is 5.94. The van der Waals surface area contributed by atoms with Gasteiger partial charge in [-0.1, -0.05) is 6.07 Å². The first-order valence-corrected chi connectivity index (χ1v) is 9.95. The highest BCUT2D eigenvalue weighted by atomic mass is 16.5. The molecule has 154 valence electrons. The van der Waals surface area contributed by atoms with Gasteiger partial charge in [0.2, 0.25) is 0 Å². The summed E-state index contributed by atoms with van der Waals surface area (Å²) in [5.74, 6) is -0.200. The van der Waals surface area contributed by atoms with E-state index in [9.17, 15) is 9.59 Å². The number of H-pyrrole nitrogens is 1. The molecule has 1 atom stereocenters. The van der Waals surface area contributed by atoms with Gasteiger partial charge < -0.3 is 19.9 Å². The molecule has 2 aromatic heterocycles. The number of nitrogens with zero attached hydrogens (tertiary/aromatic N) is 4. The van der Waals surface area contributed by atoms with E-state index in [1.165, 1.54) is 0 Å². The lowest BCUT2D eigenvalue weighted by Crippen LogP contribution is -2.50. The number of amides is 2. The lowest BCUT2D eigenvalue weighted by Gasteiger charge is -2.34. The SMILES string of the molecule is CN1CCOC(C(=O)N2CCc3c(C(=O)NCCc4ccccn4)n[nH]c3C2)C1. The molecule has 4 rings (SSSR count). The summed E-state index contributed by atoms with van der Waals surface area (Å²) in [7, 11) is 1.99. The van der Waals surface area contributed by atoms with Gasteiger partial charge in [0.25, 0.3) is 11.8 Å². The van der Waals surface area contributed by atoms with Crippen molar-refractivity contribution in [3.05, 3.63) is 47.0 Å². The van der Waals surface area contributed by atoms with Gasteiger partial charge >= 0.3 is 0 Å². The van der Waals surface area contributed by atoms with Crippen LogP contribution in [0.5, 0.6) is 0 Å². The van der Waals surface area contributed by atoms with Gasteiger partial charge in [-0.3, -0.25) is 19.7 Å². The number of aromatic amines is 1. The number of aromatic nitrogens is 3. The lowest BCUT2D eigenvalue weighted by molar-refractivity contribution is -0.149. The van der Waals surface area contributed by atoms with Gasteiger partial charge in [0.15, 0.2) is 5.69 Å². The molecule has 2 aromatic rings. The van der Waals surface area contributed by atoms with Crippen LogP contribution in [0.2, 0.25) is 0 Å². The number of likely N-dealkylation sites (N-methyl/N-ethyl adjacent to an activating group) is 1. The second-order valence-corrected chi connectivity index (χ2v) is 7.49. The second-order valence-electron chi connectivity index (χ2n) is 7.49. The molecule has 0 radical (unpaired) electrons. The van der Waals surface area contributed by atoms with E-state index >= 15 is 0 Å². The van der Waals surface area contributed by atoms with Crippen molar-refractivity contribution in [3.8, 4) is 0 Å². The first kappa shape index (κ1) is 19.5. The van der Waals surface area contributed by atoms with E-state index in [4.69, 9.17) is 4.74 Å². The Kier molecular flexibility index (Phi) is 5.86. The van der Waals surface area contributed by atoms with Gasteiger partial charge in [0, 0.05) is 50.1 Å². The molecule has 2 aliphatic rings. The summed E-state index contributed by atoms with van der Waals surface area (Å²) in [5.41, 5.74) is 3.07. The van der Waals surface area contributed by atoms with Crippen molar-refractivity contribution in [2.75, 3.05) is 39.8 Å². The summed E-state index contributed by atoms with van der Waals surface area (Å²) in [6, 6.07) is 5.73. The smallest absolute Gasteiger partial charge is 0.272 e. The van der Waals surface area contributed by atoms with Crippen LogP contribution in [0.15, 0.2) is 24.4 Å². The topological polar surface area (TPSA) is 103 Å². The summed E-state index contributed by atoms with van der Waals surface area (Å²) < 4.78 is 5.65. The maximum absolute atomic E-state index is 12.8. The first-order chi connectivity index (χ1) is 14.1. The highest BCUT2D eigenvalue weighted by Gasteiger charge is 2.33. The number of hydrogen-bond acceptors (Lipinski definition) is 6. The third kappa shape index (κ3) is 4.46. The van der Waals surface area contributed by atoms with E-state index < -0.39 is 6.10 Å².